The first-order chi connectivity index (χ1) is 9.41. The van der Waals surface area contributed by atoms with Crippen molar-refractivity contribution >= 4 is 23.0 Å². The van der Waals surface area contributed by atoms with Crippen LogP contribution in [-0.2, 0) is 0 Å². The Morgan fingerprint density at radius 3 is 2.50 bits per heavy atom. The number of carbonyl (C=O) groups is 1. The van der Waals surface area contributed by atoms with E-state index < -0.39 is 5.97 Å². The molecule has 0 unspecified atom stereocenters. The van der Waals surface area contributed by atoms with E-state index in [1.165, 1.54) is 5.56 Å². The van der Waals surface area contributed by atoms with E-state index in [9.17, 15) is 9.90 Å². The van der Waals surface area contributed by atoms with E-state index in [2.05, 4.69) is 6.07 Å². The number of para-hydroxylation sites is 1. The van der Waals surface area contributed by atoms with Crippen molar-refractivity contribution in [2.24, 2.45) is 0 Å². The Morgan fingerprint density at radius 2 is 1.90 bits per heavy atom. The molecule has 20 heavy (non-hydrogen) atoms. The van der Waals surface area contributed by atoms with Gasteiger partial charge in [-0.2, -0.15) is 0 Å². The maximum Gasteiger partial charge on any atom is 0.337 e. The maximum atomic E-state index is 11.4. The average molecular weight is 270 g/mol. The van der Waals surface area contributed by atoms with Gasteiger partial charge in [0.05, 0.1) is 16.9 Å². The van der Waals surface area contributed by atoms with E-state index in [0.29, 0.717) is 11.4 Å². The van der Waals surface area contributed by atoms with Crippen LogP contribution in [-0.4, -0.2) is 18.1 Å². The van der Waals surface area contributed by atoms with Crippen molar-refractivity contribution in [2.45, 2.75) is 13.8 Å². The third-order valence-electron chi connectivity index (χ3n) is 3.35. The molecule has 0 radical (unpaired) electrons. The van der Waals surface area contributed by atoms with Crippen molar-refractivity contribution in [1.82, 2.24) is 0 Å². The van der Waals surface area contributed by atoms with Gasteiger partial charge in [-0.3, -0.25) is 0 Å². The summed E-state index contributed by atoms with van der Waals surface area (Å²) in [5, 5.41) is 9.32. The Hall–Kier alpha value is -2.49. The lowest BCUT2D eigenvalue weighted by molar-refractivity contribution is 0.0697. The summed E-state index contributed by atoms with van der Waals surface area (Å²) in [6, 6.07) is 11.0. The van der Waals surface area contributed by atoms with E-state index in [1.807, 2.05) is 37.9 Å². The predicted molar refractivity (Wildman–Crippen MR) is 81.8 cm³/mol. The summed E-state index contributed by atoms with van der Waals surface area (Å²) in [6.07, 6.45) is 0. The molecular weight excluding hydrogens is 252 g/mol. The van der Waals surface area contributed by atoms with Crippen molar-refractivity contribution in [1.29, 1.82) is 0 Å². The molecule has 3 N–H and O–H groups in total. The van der Waals surface area contributed by atoms with Crippen molar-refractivity contribution in [3.8, 4) is 0 Å². The Kier molecular flexibility index (Phi) is 3.66. The van der Waals surface area contributed by atoms with Crippen LogP contribution in [0.4, 0.5) is 17.1 Å². The minimum Gasteiger partial charge on any atom is -0.478 e. The van der Waals surface area contributed by atoms with Gasteiger partial charge in [0.2, 0.25) is 0 Å². The number of aromatic carboxylic acids is 1. The topological polar surface area (TPSA) is 66.6 Å². The second kappa shape index (κ2) is 5.25. The number of anilines is 3. The number of carboxylic acids is 1. The number of aryl methyl sites for hydroxylation is 2. The molecule has 0 bridgehead atoms. The zero-order valence-electron chi connectivity index (χ0n) is 11.8. The van der Waals surface area contributed by atoms with Gasteiger partial charge in [-0.1, -0.05) is 23.8 Å². The molecule has 0 aliphatic carbocycles. The number of hydrogen-bond donors (Lipinski definition) is 2. The minimum absolute atomic E-state index is 0.201. The summed E-state index contributed by atoms with van der Waals surface area (Å²) in [5.41, 5.74) is 10.3. The second-order valence-corrected chi connectivity index (χ2v) is 4.90. The van der Waals surface area contributed by atoms with Crippen LogP contribution in [0.3, 0.4) is 0 Å². The first-order valence-corrected chi connectivity index (χ1v) is 6.34. The number of benzene rings is 2. The van der Waals surface area contributed by atoms with Gasteiger partial charge < -0.3 is 15.7 Å². The van der Waals surface area contributed by atoms with E-state index in [-0.39, 0.29) is 5.56 Å². The molecule has 0 aliphatic rings. The molecule has 4 heteroatoms. The predicted octanol–water partition coefficient (Wildman–Crippen LogP) is 3.35. The number of carboxylic acid groups (broad SMARTS) is 1. The largest absolute Gasteiger partial charge is 0.478 e. The highest BCUT2D eigenvalue weighted by Gasteiger charge is 2.18. The first kappa shape index (κ1) is 13.9. The molecule has 0 aromatic heterocycles. The summed E-state index contributed by atoms with van der Waals surface area (Å²) in [6.45, 7) is 4.02. The summed E-state index contributed by atoms with van der Waals surface area (Å²) < 4.78 is 0. The molecule has 0 fully saturated rings. The highest BCUT2D eigenvalue weighted by atomic mass is 16.4. The normalized spacial score (nSPS) is 10.3. The molecule has 0 saturated heterocycles. The number of rotatable bonds is 3. The van der Waals surface area contributed by atoms with Gasteiger partial charge in [-0.15, -0.1) is 0 Å². The Labute approximate surface area is 118 Å². The molecule has 2 aromatic carbocycles. The smallest absolute Gasteiger partial charge is 0.337 e. The van der Waals surface area contributed by atoms with Crippen molar-refractivity contribution in [2.75, 3.05) is 17.7 Å². The number of nitrogens with two attached hydrogens (primary N) is 1. The fourth-order valence-corrected chi connectivity index (χ4v) is 2.41. The van der Waals surface area contributed by atoms with Gasteiger partial charge in [0.1, 0.15) is 0 Å². The van der Waals surface area contributed by atoms with E-state index in [1.54, 1.807) is 18.2 Å². The highest BCUT2D eigenvalue weighted by molar-refractivity contribution is 5.99. The number of hydrogen-bond acceptors (Lipinski definition) is 3. The lowest BCUT2D eigenvalue weighted by Crippen LogP contribution is -2.17. The van der Waals surface area contributed by atoms with Crippen molar-refractivity contribution in [3.63, 3.8) is 0 Å². The summed E-state index contributed by atoms with van der Waals surface area (Å²) in [5.74, 6) is -0.982. The van der Waals surface area contributed by atoms with Crippen molar-refractivity contribution in [3.05, 3.63) is 53.1 Å². The molecule has 0 amide bonds. The SMILES string of the molecule is Cc1ccc(N(C)c2c(N)cccc2C(=O)O)c(C)c1. The second-order valence-electron chi connectivity index (χ2n) is 4.90. The molecule has 0 saturated carbocycles. The Balaban J connectivity index is 2.58. The van der Waals surface area contributed by atoms with Crippen LogP contribution >= 0.6 is 0 Å². The third kappa shape index (κ3) is 2.45. The van der Waals surface area contributed by atoms with Crippen LogP contribution in [0.5, 0.6) is 0 Å². The summed E-state index contributed by atoms with van der Waals surface area (Å²) in [4.78, 5) is 13.2. The van der Waals surface area contributed by atoms with Gasteiger partial charge in [-0.25, -0.2) is 4.79 Å². The van der Waals surface area contributed by atoms with Gasteiger partial charge in [-0.05, 0) is 37.6 Å². The van der Waals surface area contributed by atoms with E-state index in [0.717, 1.165) is 11.3 Å². The fraction of sp³-hybridized carbons (Fsp3) is 0.188. The lowest BCUT2D eigenvalue weighted by atomic mass is 10.1. The van der Waals surface area contributed by atoms with Crippen LogP contribution < -0.4 is 10.6 Å². The van der Waals surface area contributed by atoms with E-state index in [4.69, 9.17) is 5.73 Å². The van der Waals surface area contributed by atoms with Gasteiger partial charge in [0, 0.05) is 12.7 Å². The zero-order valence-corrected chi connectivity index (χ0v) is 11.8. The number of nitrogens with zero attached hydrogens (tertiary/aromatic N) is 1. The number of nitrogen functional groups attached to an aromatic ring is 1. The fourth-order valence-electron chi connectivity index (χ4n) is 2.41. The van der Waals surface area contributed by atoms with Crippen LogP contribution in [0.15, 0.2) is 36.4 Å². The molecular formula is C16H18N2O2. The van der Waals surface area contributed by atoms with Gasteiger partial charge in [0.25, 0.3) is 0 Å². The lowest BCUT2D eigenvalue weighted by Gasteiger charge is -2.25. The molecule has 0 heterocycles. The Morgan fingerprint density at radius 1 is 1.20 bits per heavy atom. The van der Waals surface area contributed by atoms with E-state index >= 15 is 0 Å². The van der Waals surface area contributed by atoms with Gasteiger partial charge in [0.15, 0.2) is 0 Å². The monoisotopic (exact) mass is 270 g/mol. The maximum absolute atomic E-state index is 11.4. The zero-order chi connectivity index (χ0) is 14.9. The van der Waals surface area contributed by atoms with Crippen LogP contribution in [0.1, 0.15) is 21.5 Å². The molecule has 0 spiro atoms. The first-order valence-electron chi connectivity index (χ1n) is 6.34. The summed E-state index contributed by atoms with van der Waals surface area (Å²) >= 11 is 0. The highest BCUT2D eigenvalue weighted by Crippen LogP contribution is 2.34. The minimum atomic E-state index is -0.982. The van der Waals surface area contributed by atoms with Crippen molar-refractivity contribution < 1.29 is 9.90 Å². The Bertz CT molecular complexity index is 666. The molecule has 4 nitrogen and oxygen atoms in total. The standard InChI is InChI=1S/C16H18N2O2/c1-10-7-8-14(11(2)9-10)18(3)15-12(16(19)20)5-4-6-13(15)17/h4-9H,17H2,1-3H3,(H,19,20). The quantitative estimate of drug-likeness (QED) is 0.839. The van der Waals surface area contributed by atoms with Crippen LogP contribution in [0.2, 0.25) is 0 Å². The molecule has 104 valence electrons. The average Bonchev–Trinajstić information content (AvgIpc) is 2.37. The molecule has 2 rings (SSSR count). The van der Waals surface area contributed by atoms with Gasteiger partial charge >= 0.3 is 5.97 Å². The van der Waals surface area contributed by atoms with Crippen LogP contribution in [0.25, 0.3) is 0 Å². The van der Waals surface area contributed by atoms with Crippen LogP contribution in [0, 0.1) is 13.8 Å². The molecule has 0 atom stereocenters. The third-order valence-corrected chi connectivity index (χ3v) is 3.35. The molecule has 2 aromatic rings. The summed E-state index contributed by atoms with van der Waals surface area (Å²) in [7, 11) is 1.83. The molecule has 0 aliphatic heterocycles.